The Labute approximate surface area is 110 Å². The number of anilines is 1. The maximum atomic E-state index is 5.97. The molecule has 1 fully saturated rings. The van der Waals surface area contributed by atoms with E-state index in [2.05, 4.69) is 43.0 Å². The molecular formula is C15H24N2O. The molecule has 0 amide bonds. The highest BCUT2D eigenvalue weighted by Crippen LogP contribution is 2.30. The van der Waals surface area contributed by atoms with Crippen molar-refractivity contribution in [3.8, 4) is 0 Å². The van der Waals surface area contributed by atoms with Crippen LogP contribution in [0.1, 0.15) is 18.9 Å². The Balaban J connectivity index is 2.11. The van der Waals surface area contributed by atoms with E-state index in [-0.39, 0.29) is 5.41 Å². The van der Waals surface area contributed by atoms with Gasteiger partial charge in [-0.2, -0.15) is 0 Å². The van der Waals surface area contributed by atoms with Crippen molar-refractivity contribution in [2.24, 2.45) is 11.1 Å². The summed E-state index contributed by atoms with van der Waals surface area (Å²) in [5.41, 5.74) is 8.69. The number of hydrogen-bond acceptors (Lipinski definition) is 3. The van der Waals surface area contributed by atoms with Crippen LogP contribution in [0.15, 0.2) is 24.3 Å². The monoisotopic (exact) mass is 248 g/mol. The normalized spacial score (nSPS) is 23.3. The van der Waals surface area contributed by atoms with Gasteiger partial charge in [-0.1, -0.05) is 17.7 Å². The van der Waals surface area contributed by atoms with Crippen LogP contribution in [0.3, 0.4) is 0 Å². The van der Waals surface area contributed by atoms with Crippen LogP contribution in [-0.2, 0) is 4.74 Å². The standard InChI is InChI=1S/C15H24N2O/c1-3-17(14-6-4-13(2)5-7-14)11-15(10-16)8-9-18-12-15/h4-7H,3,8-12,16H2,1-2H3. The summed E-state index contributed by atoms with van der Waals surface area (Å²) in [6.45, 7) is 8.66. The predicted molar refractivity (Wildman–Crippen MR) is 76.0 cm³/mol. The van der Waals surface area contributed by atoms with E-state index >= 15 is 0 Å². The molecule has 2 N–H and O–H groups in total. The lowest BCUT2D eigenvalue weighted by atomic mass is 9.86. The molecule has 1 heterocycles. The van der Waals surface area contributed by atoms with Gasteiger partial charge < -0.3 is 15.4 Å². The molecular weight excluding hydrogens is 224 g/mol. The van der Waals surface area contributed by atoms with Crippen molar-refractivity contribution in [3.63, 3.8) is 0 Å². The minimum atomic E-state index is 0.140. The molecule has 1 aliphatic rings. The lowest BCUT2D eigenvalue weighted by molar-refractivity contribution is 0.157. The van der Waals surface area contributed by atoms with Crippen molar-refractivity contribution in [1.82, 2.24) is 0 Å². The van der Waals surface area contributed by atoms with Crippen LogP contribution in [-0.4, -0.2) is 32.8 Å². The molecule has 2 rings (SSSR count). The van der Waals surface area contributed by atoms with E-state index in [1.54, 1.807) is 0 Å². The molecule has 0 radical (unpaired) electrons. The summed E-state index contributed by atoms with van der Waals surface area (Å²) in [5.74, 6) is 0. The third kappa shape index (κ3) is 2.85. The number of benzene rings is 1. The van der Waals surface area contributed by atoms with Crippen molar-refractivity contribution in [2.75, 3.05) is 37.7 Å². The zero-order valence-corrected chi connectivity index (χ0v) is 11.5. The zero-order valence-electron chi connectivity index (χ0n) is 11.5. The van der Waals surface area contributed by atoms with Crippen LogP contribution < -0.4 is 10.6 Å². The number of nitrogens with zero attached hydrogens (tertiary/aromatic N) is 1. The lowest BCUT2D eigenvalue weighted by Gasteiger charge is -2.34. The fourth-order valence-corrected chi connectivity index (χ4v) is 2.55. The zero-order chi connectivity index (χ0) is 13.0. The van der Waals surface area contributed by atoms with Gasteiger partial charge in [-0.3, -0.25) is 0 Å². The summed E-state index contributed by atoms with van der Waals surface area (Å²) in [6, 6.07) is 8.72. The Morgan fingerprint density at radius 2 is 2.06 bits per heavy atom. The third-order valence-electron chi connectivity index (χ3n) is 3.93. The molecule has 1 saturated heterocycles. The summed E-state index contributed by atoms with van der Waals surface area (Å²) in [4.78, 5) is 2.40. The summed E-state index contributed by atoms with van der Waals surface area (Å²) in [7, 11) is 0. The first-order valence-electron chi connectivity index (χ1n) is 6.78. The van der Waals surface area contributed by atoms with Gasteiger partial charge in [0.2, 0.25) is 0 Å². The lowest BCUT2D eigenvalue weighted by Crippen LogP contribution is -2.43. The molecule has 0 saturated carbocycles. The highest BCUT2D eigenvalue weighted by Gasteiger charge is 2.35. The molecule has 100 valence electrons. The van der Waals surface area contributed by atoms with Crippen molar-refractivity contribution < 1.29 is 4.74 Å². The highest BCUT2D eigenvalue weighted by molar-refractivity contribution is 5.47. The fraction of sp³-hybridized carbons (Fsp3) is 0.600. The minimum Gasteiger partial charge on any atom is -0.381 e. The quantitative estimate of drug-likeness (QED) is 0.868. The Hall–Kier alpha value is -1.06. The molecule has 0 spiro atoms. The molecule has 1 aromatic rings. The maximum absolute atomic E-state index is 5.97. The van der Waals surface area contributed by atoms with Crippen LogP contribution >= 0.6 is 0 Å². The molecule has 3 nitrogen and oxygen atoms in total. The Morgan fingerprint density at radius 3 is 2.56 bits per heavy atom. The van der Waals surface area contributed by atoms with Crippen molar-refractivity contribution in [3.05, 3.63) is 29.8 Å². The first kappa shape index (κ1) is 13.4. The van der Waals surface area contributed by atoms with E-state index in [0.717, 1.165) is 32.7 Å². The topological polar surface area (TPSA) is 38.5 Å². The van der Waals surface area contributed by atoms with E-state index in [4.69, 9.17) is 10.5 Å². The smallest absolute Gasteiger partial charge is 0.0552 e. The summed E-state index contributed by atoms with van der Waals surface area (Å²) < 4.78 is 5.55. The first-order chi connectivity index (χ1) is 8.69. The van der Waals surface area contributed by atoms with Crippen LogP contribution in [0.25, 0.3) is 0 Å². The molecule has 18 heavy (non-hydrogen) atoms. The van der Waals surface area contributed by atoms with Gasteiger partial charge in [-0.15, -0.1) is 0 Å². The van der Waals surface area contributed by atoms with Crippen LogP contribution in [0.2, 0.25) is 0 Å². The average Bonchev–Trinajstić information content (AvgIpc) is 2.86. The van der Waals surface area contributed by atoms with Crippen molar-refractivity contribution in [2.45, 2.75) is 20.3 Å². The molecule has 1 atom stereocenters. The number of hydrogen-bond donors (Lipinski definition) is 1. The third-order valence-corrected chi connectivity index (χ3v) is 3.93. The molecule has 0 bridgehead atoms. The molecule has 1 aliphatic heterocycles. The van der Waals surface area contributed by atoms with Crippen molar-refractivity contribution >= 4 is 5.69 Å². The van der Waals surface area contributed by atoms with Gasteiger partial charge in [0, 0.05) is 37.3 Å². The predicted octanol–water partition coefficient (Wildman–Crippen LogP) is 2.19. The summed E-state index contributed by atoms with van der Waals surface area (Å²) >= 11 is 0. The van der Waals surface area contributed by atoms with E-state index in [9.17, 15) is 0 Å². The largest absolute Gasteiger partial charge is 0.381 e. The Bertz CT molecular complexity index is 369. The van der Waals surface area contributed by atoms with E-state index in [0.29, 0.717) is 6.54 Å². The number of rotatable bonds is 5. The van der Waals surface area contributed by atoms with Gasteiger partial charge in [0.15, 0.2) is 0 Å². The van der Waals surface area contributed by atoms with Crippen LogP contribution in [0, 0.1) is 12.3 Å². The SMILES string of the molecule is CCN(CC1(CN)CCOC1)c1ccc(C)cc1. The molecule has 0 aromatic heterocycles. The van der Waals surface area contributed by atoms with E-state index < -0.39 is 0 Å². The van der Waals surface area contributed by atoms with Crippen LogP contribution in [0.5, 0.6) is 0 Å². The highest BCUT2D eigenvalue weighted by atomic mass is 16.5. The number of nitrogens with two attached hydrogens (primary N) is 1. The van der Waals surface area contributed by atoms with Gasteiger partial charge in [0.25, 0.3) is 0 Å². The molecule has 1 aromatic carbocycles. The van der Waals surface area contributed by atoms with Crippen molar-refractivity contribution in [1.29, 1.82) is 0 Å². The van der Waals surface area contributed by atoms with Gasteiger partial charge in [0.05, 0.1) is 6.61 Å². The first-order valence-corrected chi connectivity index (χ1v) is 6.78. The van der Waals surface area contributed by atoms with Crippen LogP contribution in [0.4, 0.5) is 5.69 Å². The number of ether oxygens (including phenoxy) is 1. The Morgan fingerprint density at radius 1 is 1.33 bits per heavy atom. The maximum Gasteiger partial charge on any atom is 0.0552 e. The number of aryl methyl sites for hydroxylation is 1. The summed E-state index contributed by atoms with van der Waals surface area (Å²) in [5, 5.41) is 0. The van der Waals surface area contributed by atoms with Gasteiger partial charge in [0.1, 0.15) is 0 Å². The van der Waals surface area contributed by atoms with E-state index in [1.165, 1.54) is 11.3 Å². The second kappa shape index (κ2) is 5.72. The fourth-order valence-electron chi connectivity index (χ4n) is 2.55. The second-order valence-corrected chi connectivity index (χ2v) is 5.36. The van der Waals surface area contributed by atoms with Gasteiger partial charge >= 0.3 is 0 Å². The molecule has 1 unspecified atom stereocenters. The second-order valence-electron chi connectivity index (χ2n) is 5.36. The minimum absolute atomic E-state index is 0.140. The molecule has 3 heteroatoms. The van der Waals surface area contributed by atoms with E-state index in [1.807, 2.05) is 0 Å². The Kier molecular flexibility index (Phi) is 4.25. The average molecular weight is 248 g/mol. The summed E-state index contributed by atoms with van der Waals surface area (Å²) in [6.07, 6.45) is 1.08. The van der Waals surface area contributed by atoms with Gasteiger partial charge in [-0.25, -0.2) is 0 Å². The van der Waals surface area contributed by atoms with Gasteiger partial charge in [-0.05, 0) is 32.4 Å². The molecule has 0 aliphatic carbocycles.